The van der Waals surface area contributed by atoms with E-state index in [-0.39, 0.29) is 11.8 Å². The van der Waals surface area contributed by atoms with Gasteiger partial charge < -0.3 is 15.4 Å². The lowest BCUT2D eigenvalue weighted by Crippen LogP contribution is -2.35. The summed E-state index contributed by atoms with van der Waals surface area (Å²) >= 11 is 0. The number of ether oxygens (including phenoxy) is 1. The van der Waals surface area contributed by atoms with E-state index in [1.165, 1.54) is 0 Å². The Bertz CT molecular complexity index is 1290. The van der Waals surface area contributed by atoms with Crippen LogP contribution in [0, 0.1) is 11.3 Å². The van der Waals surface area contributed by atoms with Crippen LogP contribution in [0.25, 0.3) is 0 Å². The van der Waals surface area contributed by atoms with Crippen LogP contribution in [0.3, 0.4) is 0 Å². The smallest absolute Gasteiger partial charge is 0.247 e. The molecule has 0 aliphatic carbocycles. The first-order chi connectivity index (χ1) is 17.0. The number of nitriles is 1. The fourth-order valence-corrected chi connectivity index (χ4v) is 3.61. The fraction of sp³-hybridized carbons (Fsp3) is 0.185. The van der Waals surface area contributed by atoms with Crippen LogP contribution < -0.4 is 15.4 Å². The molecule has 2 aromatic carbocycles. The van der Waals surface area contributed by atoms with Gasteiger partial charge in [0.25, 0.3) is 0 Å². The number of aryl methyl sites for hydroxylation is 1. The van der Waals surface area contributed by atoms with E-state index >= 15 is 0 Å². The molecule has 0 saturated carbocycles. The van der Waals surface area contributed by atoms with Crippen molar-refractivity contribution >= 4 is 11.7 Å². The Morgan fingerprint density at radius 1 is 1.03 bits per heavy atom. The van der Waals surface area contributed by atoms with Crippen molar-refractivity contribution in [1.82, 2.24) is 20.1 Å². The number of carbonyl (C=O) groups excluding carboxylic acids is 1. The molecule has 2 atom stereocenters. The minimum Gasteiger partial charge on any atom is -0.452 e. The quantitative estimate of drug-likeness (QED) is 0.375. The largest absolute Gasteiger partial charge is 0.452 e. The van der Waals surface area contributed by atoms with Gasteiger partial charge in [-0.05, 0) is 41.3 Å². The van der Waals surface area contributed by atoms with E-state index < -0.39 is 6.04 Å². The Morgan fingerprint density at radius 2 is 1.80 bits per heavy atom. The number of anilines is 1. The van der Waals surface area contributed by atoms with Gasteiger partial charge in [0.2, 0.25) is 5.91 Å². The molecule has 0 radical (unpaired) electrons. The molecule has 0 saturated heterocycles. The van der Waals surface area contributed by atoms with Crippen molar-refractivity contribution in [1.29, 1.82) is 5.26 Å². The van der Waals surface area contributed by atoms with E-state index in [2.05, 4.69) is 33.7 Å². The topological polar surface area (TPSA) is 105 Å². The molecule has 0 aliphatic rings. The highest BCUT2D eigenvalue weighted by Gasteiger charge is 2.21. The van der Waals surface area contributed by atoms with Crippen LogP contribution in [-0.4, -0.2) is 27.2 Å². The van der Waals surface area contributed by atoms with Gasteiger partial charge >= 0.3 is 0 Å². The Balaban J connectivity index is 1.42. The van der Waals surface area contributed by atoms with E-state index in [4.69, 9.17) is 10.00 Å². The number of carbonyl (C=O) groups is 1. The number of benzene rings is 2. The van der Waals surface area contributed by atoms with E-state index in [0.717, 1.165) is 11.1 Å². The molecule has 0 spiro atoms. The monoisotopic (exact) mass is 466 g/mol. The van der Waals surface area contributed by atoms with Crippen LogP contribution >= 0.6 is 0 Å². The number of aromatic nitrogens is 3. The maximum Gasteiger partial charge on any atom is 0.247 e. The summed E-state index contributed by atoms with van der Waals surface area (Å²) in [5, 5.41) is 19.4. The zero-order valence-corrected chi connectivity index (χ0v) is 19.6. The van der Waals surface area contributed by atoms with Crippen LogP contribution in [0.15, 0.2) is 85.3 Å². The number of hydrogen-bond donors (Lipinski definition) is 2. The predicted octanol–water partition coefficient (Wildman–Crippen LogP) is 4.55. The van der Waals surface area contributed by atoms with Crippen molar-refractivity contribution in [2.75, 3.05) is 11.9 Å². The molecule has 4 rings (SSSR count). The van der Waals surface area contributed by atoms with Crippen molar-refractivity contribution in [3.8, 4) is 17.6 Å². The predicted molar refractivity (Wildman–Crippen MR) is 133 cm³/mol. The van der Waals surface area contributed by atoms with Gasteiger partial charge in [-0.1, -0.05) is 49.4 Å². The molecule has 4 aromatic rings. The van der Waals surface area contributed by atoms with Gasteiger partial charge in [-0.3, -0.25) is 9.48 Å². The number of amides is 1. The second-order valence-corrected chi connectivity index (χ2v) is 8.21. The van der Waals surface area contributed by atoms with Crippen molar-refractivity contribution in [3.63, 3.8) is 0 Å². The van der Waals surface area contributed by atoms with Gasteiger partial charge in [-0.25, -0.2) is 4.98 Å². The van der Waals surface area contributed by atoms with E-state index in [1.807, 2.05) is 49.5 Å². The standard InChI is InChI=1S/C27H26N6O2/c1-19(21-10-8-20(14-28)9-11-21)15-30-26(22-6-4-3-5-7-22)27(34)32-25-13-12-23(16-29-25)35-24-17-31-33(2)18-24/h3-13,16-19,26,30H,15H2,1-2H3,(H,29,32,34). The second-order valence-electron chi connectivity index (χ2n) is 8.21. The molecular formula is C27H26N6O2. The SMILES string of the molecule is CC(CNC(C(=O)Nc1ccc(Oc2cnn(C)c2)cn1)c1ccccc1)c1ccc(C#N)cc1. The third kappa shape index (κ3) is 6.31. The van der Waals surface area contributed by atoms with Gasteiger partial charge in [0.1, 0.15) is 17.6 Å². The summed E-state index contributed by atoms with van der Waals surface area (Å²) in [4.78, 5) is 17.6. The number of rotatable bonds is 9. The summed E-state index contributed by atoms with van der Waals surface area (Å²) in [6, 6.07) is 22.1. The van der Waals surface area contributed by atoms with Crippen molar-refractivity contribution < 1.29 is 9.53 Å². The lowest BCUT2D eigenvalue weighted by Gasteiger charge is -2.21. The number of nitrogens with one attached hydrogen (secondary N) is 2. The van der Waals surface area contributed by atoms with Crippen molar-refractivity contribution in [2.24, 2.45) is 7.05 Å². The molecule has 2 heterocycles. The molecule has 8 heteroatoms. The van der Waals surface area contributed by atoms with Crippen LogP contribution in [0.4, 0.5) is 5.82 Å². The molecular weight excluding hydrogens is 440 g/mol. The third-order valence-corrected chi connectivity index (χ3v) is 5.54. The van der Waals surface area contributed by atoms with Crippen LogP contribution in [-0.2, 0) is 11.8 Å². The fourth-order valence-electron chi connectivity index (χ4n) is 3.61. The molecule has 176 valence electrons. The highest BCUT2D eigenvalue weighted by molar-refractivity contribution is 5.94. The van der Waals surface area contributed by atoms with Crippen LogP contribution in [0.1, 0.15) is 35.6 Å². The Hall–Kier alpha value is -4.48. The van der Waals surface area contributed by atoms with Gasteiger partial charge in [0.05, 0.1) is 30.2 Å². The molecule has 8 nitrogen and oxygen atoms in total. The highest BCUT2D eigenvalue weighted by atomic mass is 16.5. The minimum atomic E-state index is -0.565. The molecule has 0 fully saturated rings. The minimum absolute atomic E-state index is 0.142. The highest BCUT2D eigenvalue weighted by Crippen LogP contribution is 2.22. The molecule has 0 bridgehead atoms. The van der Waals surface area contributed by atoms with Gasteiger partial charge in [0.15, 0.2) is 5.75 Å². The molecule has 35 heavy (non-hydrogen) atoms. The first kappa shape index (κ1) is 23.7. The van der Waals surface area contributed by atoms with E-state index in [9.17, 15) is 4.79 Å². The van der Waals surface area contributed by atoms with Crippen LogP contribution in [0.2, 0.25) is 0 Å². The first-order valence-corrected chi connectivity index (χ1v) is 11.2. The maximum atomic E-state index is 13.2. The number of pyridine rings is 1. The summed E-state index contributed by atoms with van der Waals surface area (Å²) in [6.07, 6.45) is 4.93. The van der Waals surface area contributed by atoms with Crippen molar-refractivity contribution in [3.05, 3.63) is 102 Å². The summed E-state index contributed by atoms with van der Waals surface area (Å²) < 4.78 is 7.36. The number of hydrogen-bond acceptors (Lipinski definition) is 6. The van der Waals surface area contributed by atoms with Gasteiger partial charge in [0, 0.05) is 13.6 Å². The average Bonchev–Trinajstić information content (AvgIpc) is 3.30. The molecule has 2 N–H and O–H groups in total. The summed E-state index contributed by atoms with van der Waals surface area (Å²) in [5.74, 6) is 1.51. The van der Waals surface area contributed by atoms with Crippen LogP contribution in [0.5, 0.6) is 11.5 Å². The first-order valence-electron chi connectivity index (χ1n) is 11.2. The lowest BCUT2D eigenvalue weighted by atomic mass is 9.98. The maximum absolute atomic E-state index is 13.2. The average molecular weight is 467 g/mol. The number of nitrogens with zero attached hydrogens (tertiary/aromatic N) is 4. The Morgan fingerprint density at radius 3 is 2.43 bits per heavy atom. The third-order valence-electron chi connectivity index (χ3n) is 5.54. The van der Waals surface area contributed by atoms with Gasteiger partial charge in [-0.15, -0.1) is 0 Å². The zero-order chi connectivity index (χ0) is 24.6. The van der Waals surface area contributed by atoms with Crippen molar-refractivity contribution in [2.45, 2.75) is 18.9 Å². The Labute approximate surface area is 204 Å². The molecule has 2 aromatic heterocycles. The lowest BCUT2D eigenvalue weighted by molar-refractivity contribution is -0.118. The normalized spacial score (nSPS) is 12.4. The van der Waals surface area contributed by atoms with E-state index in [1.54, 1.807) is 47.5 Å². The zero-order valence-electron chi connectivity index (χ0n) is 19.6. The Kier molecular flexibility index (Phi) is 7.50. The molecule has 1 amide bonds. The summed E-state index contributed by atoms with van der Waals surface area (Å²) in [5.41, 5.74) is 2.57. The van der Waals surface area contributed by atoms with Gasteiger partial charge in [-0.2, -0.15) is 10.4 Å². The van der Waals surface area contributed by atoms with E-state index in [0.29, 0.717) is 29.4 Å². The second kappa shape index (κ2) is 11.1. The molecule has 0 aliphatic heterocycles. The molecule has 2 unspecified atom stereocenters. The summed E-state index contributed by atoms with van der Waals surface area (Å²) in [6.45, 7) is 2.65. The summed E-state index contributed by atoms with van der Waals surface area (Å²) in [7, 11) is 1.81.